The van der Waals surface area contributed by atoms with Crippen LogP contribution in [-0.2, 0) is 0 Å². The van der Waals surface area contributed by atoms with Gasteiger partial charge in [-0.1, -0.05) is 49.4 Å². The van der Waals surface area contributed by atoms with E-state index in [0.29, 0.717) is 24.3 Å². The molecule has 0 saturated carbocycles. The molecule has 0 fully saturated rings. The van der Waals surface area contributed by atoms with Crippen LogP contribution in [0.3, 0.4) is 0 Å². The standard InChI is InChI=1S/C21H24ClF3N4O.C2H6O/c1-4-26-13-14-28(30)18-11-9-17(10-12-18)15(2)29(27-16(3)21(23,24)25)20-8-6-5-7-19(20)22;1-2-3/h5-12,26,30H,2,4,13-14H2,1,3H3;3H,2H2,1H3/b27-16+;. The normalized spacial score (nSPS) is 11.5. The number of benzene rings is 2. The van der Waals surface area contributed by atoms with E-state index in [1.165, 1.54) is 0 Å². The summed E-state index contributed by atoms with van der Waals surface area (Å²) in [5.74, 6) is 0. The van der Waals surface area contributed by atoms with Gasteiger partial charge < -0.3 is 10.4 Å². The van der Waals surface area contributed by atoms with Gasteiger partial charge in [0, 0.05) is 13.2 Å². The van der Waals surface area contributed by atoms with Crippen molar-refractivity contribution >= 4 is 34.4 Å². The molecule has 0 bridgehead atoms. The number of hydrogen-bond acceptors (Lipinski definition) is 6. The minimum Gasteiger partial charge on any atom is -0.397 e. The number of rotatable bonds is 9. The molecule has 2 aromatic carbocycles. The maximum absolute atomic E-state index is 13.1. The Balaban J connectivity index is 0.00000172. The molecule has 0 radical (unpaired) electrons. The van der Waals surface area contributed by atoms with Gasteiger partial charge in [0.2, 0.25) is 0 Å². The third-order valence-corrected chi connectivity index (χ3v) is 4.57. The molecule has 33 heavy (non-hydrogen) atoms. The number of hydrazone groups is 1. The Morgan fingerprint density at radius 1 is 1.12 bits per heavy atom. The molecule has 0 aliphatic heterocycles. The molecule has 0 spiro atoms. The van der Waals surface area contributed by atoms with Gasteiger partial charge in [0.25, 0.3) is 0 Å². The summed E-state index contributed by atoms with van der Waals surface area (Å²) in [6.07, 6.45) is -4.59. The minimum absolute atomic E-state index is 0.204. The first-order valence-corrected chi connectivity index (χ1v) is 10.7. The highest BCUT2D eigenvalue weighted by Crippen LogP contribution is 2.33. The summed E-state index contributed by atoms with van der Waals surface area (Å²) in [5, 5.41) is 26.9. The number of nitrogens with zero attached hydrogens (tertiary/aromatic N) is 3. The molecule has 0 aromatic heterocycles. The number of hydroxylamine groups is 1. The number of aliphatic hydroxyl groups excluding tert-OH is 1. The molecule has 3 N–H and O–H groups in total. The highest BCUT2D eigenvalue weighted by molar-refractivity contribution is 6.33. The Hall–Kier alpha value is -2.59. The fourth-order valence-corrected chi connectivity index (χ4v) is 2.74. The summed E-state index contributed by atoms with van der Waals surface area (Å²) in [4.78, 5) is 0. The number of hydrogen-bond donors (Lipinski definition) is 3. The Morgan fingerprint density at radius 3 is 2.21 bits per heavy atom. The van der Waals surface area contributed by atoms with Gasteiger partial charge in [0.1, 0.15) is 5.71 Å². The maximum atomic E-state index is 13.1. The average molecular weight is 487 g/mol. The molecule has 0 atom stereocenters. The first kappa shape index (κ1) is 28.4. The molecule has 0 unspecified atom stereocenters. The van der Waals surface area contributed by atoms with Crippen molar-refractivity contribution in [1.29, 1.82) is 0 Å². The number of alkyl halides is 3. The SMILES string of the molecule is C=C(c1ccc(N(O)CCNCC)cc1)N(/N=C(\C)C(F)(F)F)c1ccccc1Cl.CCO. The monoisotopic (exact) mass is 486 g/mol. The summed E-state index contributed by atoms with van der Waals surface area (Å²) < 4.78 is 39.3. The highest BCUT2D eigenvalue weighted by Gasteiger charge is 2.33. The zero-order valence-corrected chi connectivity index (χ0v) is 19.7. The molecule has 0 amide bonds. The predicted molar refractivity (Wildman–Crippen MR) is 129 cm³/mol. The van der Waals surface area contributed by atoms with Crippen LogP contribution >= 0.6 is 11.6 Å². The minimum atomic E-state index is -4.59. The average Bonchev–Trinajstić information content (AvgIpc) is 2.77. The maximum Gasteiger partial charge on any atom is 0.430 e. The molecule has 0 heterocycles. The Labute approximate surface area is 197 Å². The lowest BCUT2D eigenvalue weighted by atomic mass is 10.1. The molecule has 6 nitrogen and oxygen atoms in total. The number of halogens is 4. The lowest BCUT2D eigenvalue weighted by molar-refractivity contribution is -0.0594. The molecule has 0 saturated heterocycles. The number of anilines is 2. The van der Waals surface area contributed by atoms with Gasteiger partial charge >= 0.3 is 6.18 Å². The summed E-state index contributed by atoms with van der Waals surface area (Å²) in [6, 6.07) is 13.0. The van der Waals surface area contributed by atoms with Crippen molar-refractivity contribution in [2.45, 2.75) is 26.9 Å². The topological polar surface area (TPSA) is 71.3 Å². The molecular weight excluding hydrogens is 457 g/mol. The summed E-state index contributed by atoms with van der Waals surface area (Å²) in [7, 11) is 0. The quantitative estimate of drug-likeness (QED) is 0.246. The fraction of sp³-hybridized carbons (Fsp3) is 0.348. The van der Waals surface area contributed by atoms with Crippen LogP contribution in [0.1, 0.15) is 26.3 Å². The van der Waals surface area contributed by atoms with E-state index in [9.17, 15) is 18.4 Å². The third kappa shape index (κ3) is 9.05. The first-order valence-electron chi connectivity index (χ1n) is 10.3. The van der Waals surface area contributed by atoms with Crippen LogP contribution in [0.4, 0.5) is 24.5 Å². The number of para-hydroxylation sites is 1. The second-order valence-electron chi connectivity index (χ2n) is 6.73. The number of likely N-dealkylation sites (N-methyl/N-ethyl adjacent to an activating group) is 1. The van der Waals surface area contributed by atoms with Crippen LogP contribution in [0.5, 0.6) is 0 Å². The van der Waals surface area contributed by atoms with Crippen LogP contribution in [-0.4, -0.2) is 48.4 Å². The van der Waals surface area contributed by atoms with E-state index in [-0.39, 0.29) is 23.0 Å². The van der Waals surface area contributed by atoms with Crippen molar-refractivity contribution in [2.24, 2.45) is 5.10 Å². The first-order chi connectivity index (χ1) is 15.6. The largest absolute Gasteiger partial charge is 0.430 e. The van der Waals surface area contributed by atoms with Crippen LogP contribution < -0.4 is 15.4 Å². The van der Waals surface area contributed by atoms with Gasteiger partial charge in [-0.3, -0.25) is 10.3 Å². The van der Waals surface area contributed by atoms with E-state index < -0.39 is 11.9 Å². The van der Waals surface area contributed by atoms with Gasteiger partial charge in [-0.05, 0) is 50.2 Å². The number of nitrogens with one attached hydrogen (secondary N) is 1. The smallest absolute Gasteiger partial charge is 0.397 e. The molecular formula is C23H30ClF3N4O2. The number of aliphatic hydroxyl groups is 1. The molecule has 2 rings (SSSR count). The van der Waals surface area contributed by atoms with Crippen LogP contribution in [0.15, 0.2) is 60.2 Å². The van der Waals surface area contributed by atoms with Gasteiger partial charge in [-0.2, -0.15) is 18.3 Å². The van der Waals surface area contributed by atoms with Crippen molar-refractivity contribution in [2.75, 3.05) is 36.3 Å². The van der Waals surface area contributed by atoms with Crippen molar-refractivity contribution in [1.82, 2.24) is 5.32 Å². The Kier molecular flexibility index (Phi) is 11.9. The van der Waals surface area contributed by atoms with E-state index in [2.05, 4.69) is 17.0 Å². The van der Waals surface area contributed by atoms with Crippen LogP contribution in [0.25, 0.3) is 5.70 Å². The van der Waals surface area contributed by atoms with E-state index in [4.69, 9.17) is 16.7 Å². The van der Waals surface area contributed by atoms with Crippen molar-refractivity contribution in [3.63, 3.8) is 0 Å². The molecule has 0 aliphatic rings. The zero-order valence-electron chi connectivity index (χ0n) is 18.9. The van der Waals surface area contributed by atoms with Crippen molar-refractivity contribution in [3.8, 4) is 0 Å². The second-order valence-corrected chi connectivity index (χ2v) is 7.14. The van der Waals surface area contributed by atoms with Crippen molar-refractivity contribution in [3.05, 3.63) is 65.7 Å². The summed E-state index contributed by atoms with van der Waals surface area (Å²) >= 11 is 6.20. The summed E-state index contributed by atoms with van der Waals surface area (Å²) in [6.45, 7) is 10.5. The highest BCUT2D eigenvalue weighted by atomic mass is 35.5. The van der Waals surface area contributed by atoms with Crippen LogP contribution in [0.2, 0.25) is 5.02 Å². The third-order valence-electron chi connectivity index (χ3n) is 4.25. The second kappa shape index (κ2) is 13.8. The van der Waals surface area contributed by atoms with Gasteiger partial charge in [0.05, 0.1) is 28.6 Å². The predicted octanol–water partition coefficient (Wildman–Crippen LogP) is 5.56. The fourth-order valence-electron chi connectivity index (χ4n) is 2.53. The van der Waals surface area contributed by atoms with E-state index in [1.807, 2.05) is 6.92 Å². The summed E-state index contributed by atoms with van der Waals surface area (Å²) in [5.41, 5.74) is 0.507. The lowest BCUT2D eigenvalue weighted by Crippen LogP contribution is -2.29. The molecule has 10 heteroatoms. The Morgan fingerprint density at radius 2 is 1.70 bits per heavy atom. The zero-order chi connectivity index (χ0) is 25.0. The van der Waals surface area contributed by atoms with Crippen LogP contribution in [0, 0.1) is 0 Å². The lowest BCUT2D eigenvalue weighted by Gasteiger charge is -2.24. The molecule has 0 aliphatic carbocycles. The van der Waals surface area contributed by atoms with Gasteiger partial charge in [-0.25, -0.2) is 5.01 Å². The van der Waals surface area contributed by atoms with Crippen molar-refractivity contribution < 1.29 is 23.5 Å². The molecule has 2 aromatic rings. The van der Waals surface area contributed by atoms with E-state index >= 15 is 0 Å². The van der Waals surface area contributed by atoms with Gasteiger partial charge in [0.15, 0.2) is 0 Å². The van der Waals surface area contributed by atoms with E-state index in [1.54, 1.807) is 55.5 Å². The Bertz CT molecular complexity index is 905. The van der Waals surface area contributed by atoms with E-state index in [0.717, 1.165) is 23.5 Å². The molecule has 182 valence electrons. The van der Waals surface area contributed by atoms with Gasteiger partial charge in [-0.15, -0.1) is 0 Å².